The van der Waals surface area contributed by atoms with Crippen molar-refractivity contribution in [3.05, 3.63) is 18.1 Å². The number of unbranched alkanes of at least 4 members (excludes halogenated alkanes) is 1. The molecule has 0 radical (unpaired) electrons. The van der Waals surface area contributed by atoms with Crippen molar-refractivity contribution in [2.75, 3.05) is 11.9 Å². The zero-order valence-electron chi connectivity index (χ0n) is 8.72. The highest BCUT2D eigenvalue weighted by molar-refractivity contribution is 5.79. The topological polar surface area (TPSA) is 92.2 Å². The lowest BCUT2D eigenvalue weighted by Crippen LogP contribution is -2.07. The van der Waals surface area contributed by atoms with E-state index < -0.39 is 5.97 Å². The minimum atomic E-state index is -0.798. The molecule has 16 heavy (non-hydrogen) atoms. The van der Waals surface area contributed by atoms with Gasteiger partial charge in [0.2, 0.25) is 0 Å². The van der Waals surface area contributed by atoms with Gasteiger partial charge in [-0.1, -0.05) is 0 Å². The van der Waals surface area contributed by atoms with Crippen LogP contribution in [-0.2, 0) is 4.79 Å². The van der Waals surface area contributed by atoms with Crippen LogP contribution in [0.1, 0.15) is 29.8 Å². The van der Waals surface area contributed by atoms with Crippen molar-refractivity contribution < 1.29 is 14.7 Å². The third-order valence-corrected chi connectivity index (χ3v) is 1.95. The van der Waals surface area contributed by atoms with Crippen LogP contribution < -0.4 is 5.32 Å². The van der Waals surface area contributed by atoms with Crippen molar-refractivity contribution >= 4 is 18.1 Å². The van der Waals surface area contributed by atoms with Gasteiger partial charge >= 0.3 is 5.97 Å². The summed E-state index contributed by atoms with van der Waals surface area (Å²) in [6.07, 6.45) is 5.03. The van der Waals surface area contributed by atoms with Crippen molar-refractivity contribution in [2.24, 2.45) is 0 Å². The fourth-order valence-electron chi connectivity index (χ4n) is 1.18. The van der Waals surface area contributed by atoms with Crippen LogP contribution in [-0.4, -0.2) is 33.9 Å². The van der Waals surface area contributed by atoms with Crippen LogP contribution in [0.4, 0.5) is 5.82 Å². The fourth-order valence-corrected chi connectivity index (χ4v) is 1.18. The summed E-state index contributed by atoms with van der Waals surface area (Å²) in [6, 6.07) is 0. The maximum atomic E-state index is 10.6. The monoisotopic (exact) mass is 223 g/mol. The number of hydrogen-bond donors (Lipinski definition) is 2. The molecule has 0 atom stereocenters. The van der Waals surface area contributed by atoms with Crippen LogP contribution in [0.25, 0.3) is 0 Å². The van der Waals surface area contributed by atoms with E-state index in [-0.39, 0.29) is 12.1 Å². The Morgan fingerprint density at radius 1 is 1.38 bits per heavy atom. The highest BCUT2D eigenvalue weighted by atomic mass is 16.4. The van der Waals surface area contributed by atoms with E-state index in [1.165, 1.54) is 12.4 Å². The molecule has 0 unspecified atom stereocenters. The lowest BCUT2D eigenvalue weighted by Gasteiger charge is -2.05. The van der Waals surface area contributed by atoms with Crippen LogP contribution in [0.5, 0.6) is 0 Å². The number of nitrogens with one attached hydrogen (secondary N) is 1. The lowest BCUT2D eigenvalue weighted by atomic mass is 10.2. The Kier molecular flexibility index (Phi) is 4.91. The zero-order valence-corrected chi connectivity index (χ0v) is 8.72. The number of rotatable bonds is 7. The molecule has 0 bridgehead atoms. The predicted molar refractivity (Wildman–Crippen MR) is 57.4 cm³/mol. The van der Waals surface area contributed by atoms with E-state index in [9.17, 15) is 9.59 Å². The summed E-state index contributed by atoms with van der Waals surface area (Å²) in [7, 11) is 0. The van der Waals surface area contributed by atoms with Crippen LogP contribution in [0.2, 0.25) is 0 Å². The molecule has 0 spiro atoms. The van der Waals surface area contributed by atoms with E-state index in [0.717, 1.165) is 0 Å². The highest BCUT2D eigenvalue weighted by Crippen LogP contribution is 2.05. The fraction of sp³-hybridized carbons (Fsp3) is 0.400. The van der Waals surface area contributed by atoms with Crippen LogP contribution in [0.15, 0.2) is 12.4 Å². The number of aldehydes is 1. The maximum Gasteiger partial charge on any atom is 0.303 e. The number of anilines is 1. The summed E-state index contributed by atoms with van der Waals surface area (Å²) in [5.41, 5.74) is 0.265. The second-order valence-corrected chi connectivity index (χ2v) is 3.19. The van der Waals surface area contributed by atoms with Crippen molar-refractivity contribution in [2.45, 2.75) is 19.3 Å². The first kappa shape index (κ1) is 12.1. The van der Waals surface area contributed by atoms with E-state index in [1.54, 1.807) is 0 Å². The first-order chi connectivity index (χ1) is 7.74. The molecule has 0 amide bonds. The number of aromatic nitrogens is 2. The van der Waals surface area contributed by atoms with E-state index in [1.807, 2.05) is 0 Å². The molecule has 1 rings (SSSR count). The summed E-state index contributed by atoms with van der Waals surface area (Å²) in [4.78, 5) is 28.6. The minimum absolute atomic E-state index is 0.155. The molecule has 1 aromatic rings. The van der Waals surface area contributed by atoms with Crippen molar-refractivity contribution in [1.29, 1.82) is 0 Å². The minimum Gasteiger partial charge on any atom is -0.481 e. The molecule has 86 valence electrons. The average Bonchev–Trinajstić information content (AvgIpc) is 2.29. The Bertz CT molecular complexity index is 368. The Morgan fingerprint density at radius 3 is 2.81 bits per heavy atom. The predicted octanol–water partition coefficient (Wildman–Crippen LogP) is 0.956. The third-order valence-electron chi connectivity index (χ3n) is 1.95. The van der Waals surface area contributed by atoms with E-state index in [2.05, 4.69) is 15.3 Å². The van der Waals surface area contributed by atoms with Gasteiger partial charge in [0, 0.05) is 25.4 Å². The molecule has 0 fully saturated rings. The van der Waals surface area contributed by atoms with Crippen LogP contribution >= 0.6 is 0 Å². The zero-order chi connectivity index (χ0) is 11.8. The highest BCUT2D eigenvalue weighted by Gasteiger charge is 2.02. The van der Waals surface area contributed by atoms with Gasteiger partial charge in [-0.25, -0.2) is 9.97 Å². The molecule has 2 N–H and O–H groups in total. The number of carboxylic acids is 1. The van der Waals surface area contributed by atoms with Gasteiger partial charge in [0.15, 0.2) is 12.1 Å². The molecule has 0 aliphatic heterocycles. The van der Waals surface area contributed by atoms with E-state index >= 15 is 0 Å². The van der Waals surface area contributed by atoms with E-state index in [0.29, 0.717) is 31.5 Å². The SMILES string of the molecule is O=Cc1nccnc1NCCCCC(=O)O. The number of aliphatic carboxylic acids is 1. The van der Waals surface area contributed by atoms with Crippen molar-refractivity contribution in [3.63, 3.8) is 0 Å². The molecule has 0 saturated heterocycles. The Labute approximate surface area is 92.7 Å². The Hall–Kier alpha value is -1.98. The standard InChI is InChI=1S/C10H13N3O3/c14-7-8-10(13-6-5-11-8)12-4-2-1-3-9(15)16/h5-7H,1-4H2,(H,12,13)(H,15,16). The molecule has 6 heteroatoms. The number of nitrogens with zero attached hydrogens (tertiary/aromatic N) is 2. The number of carbonyl (C=O) groups excluding carboxylic acids is 1. The largest absolute Gasteiger partial charge is 0.481 e. The van der Waals surface area contributed by atoms with Gasteiger partial charge in [0.25, 0.3) is 0 Å². The second kappa shape index (κ2) is 6.49. The Morgan fingerprint density at radius 2 is 2.12 bits per heavy atom. The molecule has 0 saturated carbocycles. The Balaban J connectivity index is 2.31. The molecule has 1 aromatic heterocycles. The number of carboxylic acid groups (broad SMARTS) is 1. The molecular formula is C10H13N3O3. The summed E-state index contributed by atoms with van der Waals surface area (Å²) >= 11 is 0. The summed E-state index contributed by atoms with van der Waals surface area (Å²) < 4.78 is 0. The number of hydrogen-bond acceptors (Lipinski definition) is 5. The quantitative estimate of drug-likeness (QED) is 0.528. The van der Waals surface area contributed by atoms with Crippen LogP contribution in [0, 0.1) is 0 Å². The first-order valence-corrected chi connectivity index (χ1v) is 4.96. The van der Waals surface area contributed by atoms with Gasteiger partial charge in [-0.2, -0.15) is 0 Å². The van der Waals surface area contributed by atoms with Crippen molar-refractivity contribution in [1.82, 2.24) is 9.97 Å². The van der Waals surface area contributed by atoms with Gasteiger partial charge in [0.1, 0.15) is 5.69 Å². The lowest BCUT2D eigenvalue weighted by molar-refractivity contribution is -0.137. The summed E-state index contributed by atoms with van der Waals surface area (Å²) in [5.74, 6) is -0.360. The summed E-state index contributed by atoms with van der Waals surface area (Å²) in [6.45, 7) is 0.576. The molecule has 0 aromatic carbocycles. The third kappa shape index (κ3) is 4.04. The molecule has 0 aliphatic rings. The summed E-state index contributed by atoms with van der Waals surface area (Å²) in [5, 5.41) is 11.4. The molecule has 6 nitrogen and oxygen atoms in total. The van der Waals surface area contributed by atoms with Gasteiger partial charge in [-0.05, 0) is 12.8 Å². The van der Waals surface area contributed by atoms with Gasteiger partial charge in [0.05, 0.1) is 0 Å². The van der Waals surface area contributed by atoms with Gasteiger partial charge in [-0.15, -0.1) is 0 Å². The van der Waals surface area contributed by atoms with Crippen LogP contribution in [0.3, 0.4) is 0 Å². The van der Waals surface area contributed by atoms with Gasteiger partial charge < -0.3 is 10.4 Å². The second-order valence-electron chi connectivity index (χ2n) is 3.19. The van der Waals surface area contributed by atoms with E-state index in [4.69, 9.17) is 5.11 Å². The van der Waals surface area contributed by atoms with Gasteiger partial charge in [-0.3, -0.25) is 9.59 Å². The molecule has 1 heterocycles. The molecular weight excluding hydrogens is 210 g/mol. The normalized spacial score (nSPS) is 9.75. The van der Waals surface area contributed by atoms with Crippen molar-refractivity contribution in [3.8, 4) is 0 Å². The first-order valence-electron chi connectivity index (χ1n) is 4.96. The maximum absolute atomic E-state index is 10.6. The number of carbonyl (C=O) groups is 2. The average molecular weight is 223 g/mol. The smallest absolute Gasteiger partial charge is 0.303 e. The molecule has 0 aliphatic carbocycles.